The highest BCUT2D eigenvalue weighted by molar-refractivity contribution is 5.74. The highest BCUT2D eigenvalue weighted by atomic mass is 16.2. The maximum absolute atomic E-state index is 12.7. The van der Waals surface area contributed by atoms with Gasteiger partial charge in [-0.1, -0.05) is 61.0 Å². The molecule has 2 aromatic rings. The molecule has 0 aromatic heterocycles. The smallest absolute Gasteiger partial charge is 0.317 e. The second-order valence-corrected chi connectivity index (χ2v) is 8.83. The van der Waals surface area contributed by atoms with Crippen molar-refractivity contribution < 1.29 is 4.79 Å². The van der Waals surface area contributed by atoms with Crippen LogP contribution in [0.5, 0.6) is 0 Å². The Balaban J connectivity index is 1.21. The summed E-state index contributed by atoms with van der Waals surface area (Å²) in [5.41, 5.74) is 3.96. The van der Waals surface area contributed by atoms with Crippen LogP contribution in [0, 0.1) is 0 Å². The number of rotatable bonds is 7. The van der Waals surface area contributed by atoms with E-state index >= 15 is 0 Å². The Kier molecular flexibility index (Phi) is 7.97. The molecule has 2 aromatic carbocycles. The molecule has 5 heteroatoms. The van der Waals surface area contributed by atoms with E-state index < -0.39 is 0 Å². The first-order chi connectivity index (χ1) is 15.3. The molecular formula is C26H36N4O. The zero-order chi connectivity index (χ0) is 21.3. The van der Waals surface area contributed by atoms with Crippen LogP contribution in [0.2, 0.25) is 0 Å². The normalized spacial score (nSPS) is 18.1. The largest absolute Gasteiger partial charge is 0.334 e. The van der Waals surface area contributed by atoms with Crippen LogP contribution in [0.25, 0.3) is 0 Å². The van der Waals surface area contributed by atoms with Gasteiger partial charge in [-0.2, -0.15) is 0 Å². The minimum atomic E-state index is 0.0653. The SMILES string of the molecule is O=C(NCc1ccccc1CN1CCCCC1)N1CCN(CCc2ccccc2)CC1. The Labute approximate surface area is 187 Å². The molecule has 166 valence electrons. The number of piperidine rings is 1. The lowest BCUT2D eigenvalue weighted by atomic mass is 10.0. The molecule has 0 saturated carbocycles. The van der Waals surface area contributed by atoms with Gasteiger partial charge in [0.25, 0.3) is 0 Å². The first-order valence-electron chi connectivity index (χ1n) is 11.9. The van der Waals surface area contributed by atoms with Crippen molar-refractivity contribution in [3.05, 3.63) is 71.3 Å². The van der Waals surface area contributed by atoms with Crippen molar-refractivity contribution in [2.75, 3.05) is 45.8 Å². The molecule has 4 rings (SSSR count). The Morgan fingerprint density at radius 2 is 1.42 bits per heavy atom. The quantitative estimate of drug-likeness (QED) is 0.742. The van der Waals surface area contributed by atoms with E-state index in [0.717, 1.165) is 45.7 Å². The summed E-state index contributed by atoms with van der Waals surface area (Å²) in [5.74, 6) is 0. The summed E-state index contributed by atoms with van der Waals surface area (Å²) < 4.78 is 0. The molecule has 0 spiro atoms. The molecule has 2 saturated heterocycles. The maximum Gasteiger partial charge on any atom is 0.317 e. The summed E-state index contributed by atoms with van der Waals surface area (Å²) in [5, 5.41) is 3.17. The van der Waals surface area contributed by atoms with E-state index in [1.165, 1.54) is 49.0 Å². The van der Waals surface area contributed by atoms with Crippen LogP contribution in [0.1, 0.15) is 36.0 Å². The van der Waals surface area contributed by atoms with Crippen LogP contribution in [0.15, 0.2) is 54.6 Å². The van der Waals surface area contributed by atoms with Crippen LogP contribution in [-0.4, -0.2) is 66.5 Å². The predicted octanol–water partition coefficient (Wildman–Crippen LogP) is 3.74. The minimum Gasteiger partial charge on any atom is -0.334 e. The van der Waals surface area contributed by atoms with Gasteiger partial charge < -0.3 is 10.2 Å². The van der Waals surface area contributed by atoms with Gasteiger partial charge in [0.15, 0.2) is 0 Å². The minimum absolute atomic E-state index is 0.0653. The Morgan fingerprint density at radius 3 is 2.16 bits per heavy atom. The van der Waals surface area contributed by atoms with Crippen LogP contribution in [-0.2, 0) is 19.5 Å². The van der Waals surface area contributed by atoms with Gasteiger partial charge in [0.05, 0.1) is 0 Å². The molecule has 2 aliphatic heterocycles. The molecule has 0 bridgehead atoms. The number of piperazine rings is 1. The van der Waals surface area contributed by atoms with Gasteiger partial charge >= 0.3 is 6.03 Å². The summed E-state index contributed by atoms with van der Waals surface area (Å²) in [7, 11) is 0. The molecule has 2 heterocycles. The zero-order valence-electron chi connectivity index (χ0n) is 18.6. The second kappa shape index (κ2) is 11.3. The third-order valence-corrected chi connectivity index (χ3v) is 6.61. The van der Waals surface area contributed by atoms with E-state index in [-0.39, 0.29) is 6.03 Å². The van der Waals surface area contributed by atoms with Gasteiger partial charge in [-0.25, -0.2) is 4.79 Å². The van der Waals surface area contributed by atoms with Gasteiger partial charge in [-0.15, -0.1) is 0 Å². The lowest BCUT2D eigenvalue weighted by Crippen LogP contribution is -2.51. The van der Waals surface area contributed by atoms with E-state index in [4.69, 9.17) is 0 Å². The van der Waals surface area contributed by atoms with E-state index in [2.05, 4.69) is 69.7 Å². The summed E-state index contributed by atoms with van der Waals surface area (Å²) >= 11 is 0. The number of amides is 2. The summed E-state index contributed by atoms with van der Waals surface area (Å²) in [6, 6.07) is 19.3. The molecule has 5 nitrogen and oxygen atoms in total. The number of carbonyl (C=O) groups excluding carboxylic acids is 1. The summed E-state index contributed by atoms with van der Waals surface area (Å²) in [6.45, 7) is 8.54. The molecule has 2 fully saturated rings. The summed E-state index contributed by atoms with van der Waals surface area (Å²) in [6.07, 6.45) is 5.03. The van der Waals surface area contributed by atoms with Crippen molar-refractivity contribution in [3.63, 3.8) is 0 Å². The third kappa shape index (κ3) is 6.55. The fourth-order valence-electron chi connectivity index (χ4n) is 4.63. The number of nitrogens with one attached hydrogen (secondary N) is 1. The molecule has 1 N–H and O–H groups in total. The molecule has 0 radical (unpaired) electrons. The number of nitrogens with zero attached hydrogens (tertiary/aromatic N) is 3. The topological polar surface area (TPSA) is 38.8 Å². The monoisotopic (exact) mass is 420 g/mol. The van der Waals surface area contributed by atoms with Gasteiger partial charge in [-0.05, 0) is 49.0 Å². The molecule has 2 amide bonds. The fraction of sp³-hybridized carbons (Fsp3) is 0.500. The second-order valence-electron chi connectivity index (χ2n) is 8.83. The number of carbonyl (C=O) groups is 1. The zero-order valence-corrected chi connectivity index (χ0v) is 18.6. The van der Waals surface area contributed by atoms with Crippen LogP contribution in [0.3, 0.4) is 0 Å². The number of likely N-dealkylation sites (tertiary alicyclic amines) is 1. The summed E-state index contributed by atoms with van der Waals surface area (Å²) in [4.78, 5) is 19.7. The van der Waals surface area contributed by atoms with Crippen molar-refractivity contribution in [1.29, 1.82) is 0 Å². The molecular weight excluding hydrogens is 384 g/mol. The average Bonchev–Trinajstić information content (AvgIpc) is 2.84. The van der Waals surface area contributed by atoms with Crippen LogP contribution in [0.4, 0.5) is 4.79 Å². The van der Waals surface area contributed by atoms with Gasteiger partial charge in [-0.3, -0.25) is 9.80 Å². The van der Waals surface area contributed by atoms with Gasteiger partial charge in [0, 0.05) is 45.8 Å². The molecule has 0 atom stereocenters. The number of benzene rings is 2. The Hall–Kier alpha value is -2.37. The maximum atomic E-state index is 12.7. The third-order valence-electron chi connectivity index (χ3n) is 6.61. The van der Waals surface area contributed by atoms with Crippen molar-refractivity contribution in [2.24, 2.45) is 0 Å². The van der Waals surface area contributed by atoms with E-state index in [0.29, 0.717) is 6.54 Å². The highest BCUT2D eigenvalue weighted by Crippen LogP contribution is 2.16. The van der Waals surface area contributed by atoms with Crippen molar-refractivity contribution in [2.45, 2.75) is 38.8 Å². The van der Waals surface area contributed by atoms with Crippen molar-refractivity contribution in [1.82, 2.24) is 20.0 Å². The lowest BCUT2D eigenvalue weighted by Gasteiger charge is -2.34. The van der Waals surface area contributed by atoms with Crippen molar-refractivity contribution >= 4 is 6.03 Å². The van der Waals surface area contributed by atoms with E-state index in [1.807, 2.05) is 4.90 Å². The van der Waals surface area contributed by atoms with Crippen molar-refractivity contribution in [3.8, 4) is 0 Å². The fourth-order valence-corrected chi connectivity index (χ4v) is 4.63. The standard InChI is InChI=1S/C26H36N4O/c31-26(30-19-17-28(18-20-30)16-13-23-9-3-1-4-10-23)27-21-24-11-5-6-12-25(24)22-29-14-7-2-8-15-29/h1,3-6,9-12H,2,7-8,13-22H2,(H,27,31). The molecule has 0 unspecified atom stereocenters. The molecule has 0 aliphatic carbocycles. The Morgan fingerprint density at radius 1 is 0.742 bits per heavy atom. The van der Waals surface area contributed by atoms with E-state index in [9.17, 15) is 4.79 Å². The molecule has 2 aliphatic rings. The van der Waals surface area contributed by atoms with Crippen LogP contribution < -0.4 is 5.32 Å². The average molecular weight is 421 g/mol. The Bertz CT molecular complexity index is 811. The first-order valence-corrected chi connectivity index (χ1v) is 11.9. The van der Waals surface area contributed by atoms with Crippen LogP contribution >= 0.6 is 0 Å². The predicted molar refractivity (Wildman–Crippen MR) is 126 cm³/mol. The number of urea groups is 1. The number of hydrogen-bond donors (Lipinski definition) is 1. The van der Waals surface area contributed by atoms with E-state index in [1.54, 1.807) is 0 Å². The first kappa shape index (κ1) is 21.8. The number of hydrogen-bond acceptors (Lipinski definition) is 3. The molecule has 31 heavy (non-hydrogen) atoms. The van der Waals surface area contributed by atoms with Gasteiger partial charge in [0.1, 0.15) is 0 Å². The van der Waals surface area contributed by atoms with Gasteiger partial charge in [0.2, 0.25) is 0 Å². The highest BCUT2D eigenvalue weighted by Gasteiger charge is 2.21. The lowest BCUT2D eigenvalue weighted by molar-refractivity contribution is 0.140.